The molecule has 1 aromatic carbocycles. The first kappa shape index (κ1) is 14.5. The van der Waals surface area contributed by atoms with Crippen LogP contribution in [0.25, 0.3) is 11.3 Å². The number of hydrogen-bond acceptors (Lipinski definition) is 0. The fourth-order valence-corrected chi connectivity index (χ4v) is 1.29. The molecule has 1 nitrogen and oxygen atoms in total. The van der Waals surface area contributed by atoms with Crippen LogP contribution in [0.5, 0.6) is 0 Å². The van der Waals surface area contributed by atoms with Gasteiger partial charge in [0.25, 0.3) is 0 Å². The maximum absolute atomic E-state index is 3.22. The largest absolute Gasteiger partial charge is 0.361 e. The molecule has 0 spiro atoms. The summed E-state index contributed by atoms with van der Waals surface area (Å²) < 4.78 is 0. The normalized spacial score (nSPS) is 8.31. The lowest BCUT2D eigenvalue weighted by Crippen LogP contribution is -1.73. The van der Waals surface area contributed by atoms with Crippen molar-refractivity contribution in [1.82, 2.24) is 4.98 Å². The third kappa shape index (κ3) is 4.35. The van der Waals surface area contributed by atoms with Crippen LogP contribution in [0.3, 0.4) is 0 Å². The quantitative estimate of drug-likeness (QED) is 0.688. The number of H-pyrrole nitrogens is 1. The van der Waals surface area contributed by atoms with Crippen LogP contribution >= 0.6 is 0 Å². The Morgan fingerprint density at radius 1 is 0.875 bits per heavy atom. The van der Waals surface area contributed by atoms with Gasteiger partial charge in [-0.3, -0.25) is 0 Å². The van der Waals surface area contributed by atoms with Crippen molar-refractivity contribution in [3.63, 3.8) is 0 Å². The second-order valence-electron chi connectivity index (χ2n) is 2.96. The lowest BCUT2D eigenvalue weighted by atomic mass is 10.1. The molecule has 88 valence electrons. The van der Waals surface area contributed by atoms with Crippen molar-refractivity contribution in [2.75, 3.05) is 0 Å². The highest BCUT2D eigenvalue weighted by Gasteiger charge is 1.96. The second-order valence-corrected chi connectivity index (χ2v) is 2.96. The first-order valence-electron chi connectivity index (χ1n) is 6.07. The zero-order valence-corrected chi connectivity index (χ0v) is 11.0. The summed E-state index contributed by atoms with van der Waals surface area (Å²) in [5, 5.41) is 0. The second kappa shape index (κ2) is 8.78. The molecule has 0 radical (unpaired) electrons. The SMILES string of the molecule is CC.CC.Cc1c[nH]c(-c2ccccc2)c1. The van der Waals surface area contributed by atoms with E-state index < -0.39 is 0 Å². The Kier molecular flexibility index (Phi) is 7.96. The van der Waals surface area contributed by atoms with Gasteiger partial charge < -0.3 is 4.98 Å². The molecule has 0 saturated carbocycles. The van der Waals surface area contributed by atoms with Crippen molar-refractivity contribution < 1.29 is 0 Å². The average molecular weight is 217 g/mol. The van der Waals surface area contributed by atoms with E-state index in [9.17, 15) is 0 Å². The maximum Gasteiger partial charge on any atom is 0.0456 e. The van der Waals surface area contributed by atoms with Crippen LogP contribution in [0.4, 0.5) is 0 Å². The predicted octanol–water partition coefficient (Wildman–Crippen LogP) is 5.04. The van der Waals surface area contributed by atoms with Gasteiger partial charge in [-0.1, -0.05) is 58.0 Å². The minimum atomic E-state index is 1.19. The molecule has 0 aliphatic rings. The van der Waals surface area contributed by atoms with E-state index in [0.717, 1.165) is 0 Å². The van der Waals surface area contributed by atoms with Gasteiger partial charge >= 0.3 is 0 Å². The van der Waals surface area contributed by atoms with Gasteiger partial charge in [-0.05, 0) is 24.1 Å². The topological polar surface area (TPSA) is 15.8 Å². The molecule has 0 fully saturated rings. The number of hydrogen-bond donors (Lipinski definition) is 1. The highest BCUT2D eigenvalue weighted by molar-refractivity contribution is 5.59. The lowest BCUT2D eigenvalue weighted by molar-refractivity contribution is 1.38. The fraction of sp³-hybridized carbons (Fsp3) is 0.333. The Morgan fingerprint density at radius 2 is 1.44 bits per heavy atom. The highest BCUT2D eigenvalue weighted by Crippen LogP contribution is 2.17. The molecular formula is C15H23N. The molecule has 1 heteroatoms. The molecule has 16 heavy (non-hydrogen) atoms. The molecule has 1 aromatic heterocycles. The number of aromatic nitrogens is 1. The van der Waals surface area contributed by atoms with Crippen LogP contribution in [0.1, 0.15) is 33.3 Å². The van der Waals surface area contributed by atoms with Crippen LogP contribution in [0, 0.1) is 6.92 Å². The van der Waals surface area contributed by atoms with E-state index in [4.69, 9.17) is 0 Å². The summed E-state index contributed by atoms with van der Waals surface area (Å²) in [6, 6.07) is 12.5. The zero-order valence-electron chi connectivity index (χ0n) is 11.0. The molecule has 1 heterocycles. The van der Waals surface area contributed by atoms with Gasteiger partial charge in [-0.2, -0.15) is 0 Å². The van der Waals surface area contributed by atoms with Crippen LogP contribution in [0.15, 0.2) is 42.6 Å². The Bertz CT molecular complexity index is 360. The number of aromatic amines is 1. The van der Waals surface area contributed by atoms with E-state index in [0.29, 0.717) is 0 Å². The molecule has 0 aliphatic carbocycles. The van der Waals surface area contributed by atoms with E-state index in [1.807, 2.05) is 52.1 Å². The molecule has 1 N–H and O–H groups in total. The van der Waals surface area contributed by atoms with Crippen molar-refractivity contribution in [1.29, 1.82) is 0 Å². The van der Waals surface area contributed by atoms with Gasteiger partial charge in [0.15, 0.2) is 0 Å². The third-order valence-corrected chi connectivity index (χ3v) is 1.91. The van der Waals surface area contributed by atoms with Crippen molar-refractivity contribution in [3.8, 4) is 11.3 Å². The Hall–Kier alpha value is -1.50. The van der Waals surface area contributed by atoms with Crippen molar-refractivity contribution in [3.05, 3.63) is 48.2 Å². The standard InChI is InChI=1S/C11H11N.2C2H6/c1-9-7-11(12-8-9)10-5-3-2-4-6-10;2*1-2/h2-8,12H,1H3;2*1-2H3. The Balaban J connectivity index is 0.000000509. The van der Waals surface area contributed by atoms with E-state index in [1.165, 1.54) is 16.8 Å². The summed E-state index contributed by atoms with van der Waals surface area (Å²) in [5.74, 6) is 0. The predicted molar refractivity (Wildman–Crippen MR) is 73.7 cm³/mol. The number of rotatable bonds is 1. The summed E-state index contributed by atoms with van der Waals surface area (Å²) >= 11 is 0. The van der Waals surface area contributed by atoms with E-state index >= 15 is 0 Å². The van der Waals surface area contributed by atoms with Crippen LogP contribution in [0.2, 0.25) is 0 Å². The Morgan fingerprint density at radius 3 is 1.88 bits per heavy atom. The number of nitrogens with one attached hydrogen (secondary N) is 1. The third-order valence-electron chi connectivity index (χ3n) is 1.91. The molecular weight excluding hydrogens is 194 g/mol. The van der Waals surface area contributed by atoms with Crippen molar-refractivity contribution in [2.45, 2.75) is 34.6 Å². The first-order valence-corrected chi connectivity index (χ1v) is 6.07. The molecule has 0 aliphatic heterocycles. The van der Waals surface area contributed by atoms with E-state index in [1.54, 1.807) is 0 Å². The molecule has 0 atom stereocenters. The average Bonchev–Trinajstić information content (AvgIpc) is 2.82. The molecule has 0 amide bonds. The summed E-state index contributed by atoms with van der Waals surface area (Å²) in [6.07, 6.45) is 2.02. The van der Waals surface area contributed by atoms with Crippen molar-refractivity contribution in [2.24, 2.45) is 0 Å². The molecule has 2 rings (SSSR count). The van der Waals surface area contributed by atoms with Crippen LogP contribution in [-0.2, 0) is 0 Å². The summed E-state index contributed by atoms with van der Waals surface area (Å²) in [4.78, 5) is 3.22. The van der Waals surface area contributed by atoms with Gasteiger partial charge in [0.2, 0.25) is 0 Å². The first-order chi connectivity index (χ1) is 7.86. The summed E-state index contributed by atoms with van der Waals surface area (Å²) in [5.41, 5.74) is 3.70. The van der Waals surface area contributed by atoms with Gasteiger partial charge in [0, 0.05) is 11.9 Å². The molecule has 0 bridgehead atoms. The van der Waals surface area contributed by atoms with Crippen LogP contribution < -0.4 is 0 Å². The molecule has 0 saturated heterocycles. The molecule has 0 unspecified atom stereocenters. The number of benzene rings is 1. The summed E-state index contributed by atoms with van der Waals surface area (Å²) in [6.45, 7) is 10.1. The smallest absolute Gasteiger partial charge is 0.0456 e. The van der Waals surface area contributed by atoms with E-state index in [-0.39, 0.29) is 0 Å². The fourth-order valence-electron chi connectivity index (χ4n) is 1.29. The minimum absolute atomic E-state index is 1.19. The maximum atomic E-state index is 3.22. The minimum Gasteiger partial charge on any atom is -0.361 e. The van der Waals surface area contributed by atoms with Gasteiger partial charge in [0.05, 0.1) is 0 Å². The monoisotopic (exact) mass is 217 g/mol. The molecule has 2 aromatic rings. The van der Waals surface area contributed by atoms with Crippen LogP contribution in [-0.4, -0.2) is 4.98 Å². The summed E-state index contributed by atoms with van der Waals surface area (Å²) in [7, 11) is 0. The van der Waals surface area contributed by atoms with E-state index in [2.05, 4.69) is 30.1 Å². The zero-order chi connectivity index (χ0) is 12.4. The highest BCUT2D eigenvalue weighted by atomic mass is 14.7. The Labute approximate surface area is 99.5 Å². The van der Waals surface area contributed by atoms with Crippen molar-refractivity contribution >= 4 is 0 Å². The number of aryl methyl sites for hydroxylation is 1. The van der Waals surface area contributed by atoms with Gasteiger partial charge in [-0.25, -0.2) is 0 Å². The van der Waals surface area contributed by atoms with Gasteiger partial charge in [0.1, 0.15) is 0 Å². The van der Waals surface area contributed by atoms with Gasteiger partial charge in [-0.15, -0.1) is 0 Å². The lowest BCUT2D eigenvalue weighted by Gasteiger charge is -1.94.